The van der Waals surface area contributed by atoms with Crippen molar-refractivity contribution >= 4 is 6.08 Å². The van der Waals surface area contributed by atoms with E-state index in [2.05, 4.69) is 4.29 Å². The van der Waals surface area contributed by atoms with Gasteiger partial charge in [-0.1, -0.05) is 24.3 Å². The first kappa shape index (κ1) is 12.3. The molecule has 1 atom stereocenters. The molecule has 1 aromatic carbocycles. The van der Waals surface area contributed by atoms with E-state index < -0.39 is 16.0 Å². The summed E-state index contributed by atoms with van der Waals surface area (Å²) in [7, 11) is -4.57. The van der Waals surface area contributed by atoms with Gasteiger partial charge in [0.05, 0.1) is 16.0 Å². The summed E-state index contributed by atoms with van der Waals surface area (Å²) in [4.78, 5) is 0. The van der Waals surface area contributed by atoms with Gasteiger partial charge in [0.15, 0.2) is 0 Å². The molecule has 0 aliphatic carbocycles. The Balaban J connectivity index is 2.47. The lowest BCUT2D eigenvalue weighted by Gasteiger charge is -2.31. The lowest BCUT2D eigenvalue weighted by Crippen LogP contribution is -2.64. The van der Waals surface area contributed by atoms with E-state index in [-0.39, 0.29) is 0 Å². The van der Waals surface area contributed by atoms with Gasteiger partial charge in [-0.2, -0.15) is 14.0 Å². The molecule has 2 rings (SSSR count). The van der Waals surface area contributed by atoms with Crippen LogP contribution in [-0.2, 0) is 14.8 Å². The van der Waals surface area contributed by atoms with Gasteiger partial charge in [-0.25, -0.2) is 0 Å². The maximum atomic E-state index is 10.7. The summed E-state index contributed by atoms with van der Waals surface area (Å²) in [6.07, 6.45) is 1.74. The van der Waals surface area contributed by atoms with E-state index in [1.807, 2.05) is 0 Å². The summed E-state index contributed by atoms with van der Waals surface area (Å²) < 4.78 is 42.0. The molecule has 5 nitrogen and oxygen atoms in total. The Morgan fingerprint density at radius 3 is 2.53 bits per heavy atom. The molecule has 0 amide bonds. The first-order valence-corrected chi connectivity index (χ1v) is 6.12. The van der Waals surface area contributed by atoms with E-state index in [0.717, 1.165) is 5.56 Å². The van der Waals surface area contributed by atoms with E-state index in [1.54, 1.807) is 37.3 Å². The normalized spacial score (nSPS) is 23.7. The highest BCUT2D eigenvalue weighted by atomic mass is 35.7. The fraction of sp³-hybridized carbons (Fsp3) is 0.273. The second-order valence-corrected chi connectivity index (χ2v) is 4.76. The van der Waals surface area contributed by atoms with Gasteiger partial charge < -0.3 is 4.74 Å². The van der Waals surface area contributed by atoms with E-state index in [1.165, 1.54) is 6.92 Å². The largest absolute Gasteiger partial charge is 0.450 e. The molecular formula is C11H11ClO5. The molecule has 6 heteroatoms. The van der Waals surface area contributed by atoms with Crippen molar-refractivity contribution < 1.29 is 33.2 Å². The van der Waals surface area contributed by atoms with Crippen LogP contribution in [0.2, 0.25) is 0 Å². The summed E-state index contributed by atoms with van der Waals surface area (Å²) in [5, 5.41) is 0. The van der Waals surface area contributed by atoms with Crippen LogP contribution in [0.5, 0.6) is 0 Å². The zero-order valence-corrected chi connectivity index (χ0v) is 10.1. The minimum Gasteiger partial charge on any atom is -0.450 e. The van der Waals surface area contributed by atoms with Gasteiger partial charge in [-0.15, -0.1) is 0 Å². The Hall–Kier alpha value is -1.11. The number of allylic oxidation sites excluding steroid dienone is 1. The molecule has 0 saturated heterocycles. The van der Waals surface area contributed by atoms with Gasteiger partial charge in [0, 0.05) is 12.5 Å². The summed E-state index contributed by atoms with van der Waals surface area (Å²) in [6, 6.07) is 6.96. The summed E-state index contributed by atoms with van der Waals surface area (Å²) in [5.41, 5.74) is 1.26. The van der Waals surface area contributed by atoms with Gasteiger partial charge in [-0.05, 0) is 18.6 Å². The van der Waals surface area contributed by atoms with Crippen LogP contribution in [0, 0.1) is 10.2 Å². The highest BCUT2D eigenvalue weighted by Crippen LogP contribution is 2.38. The van der Waals surface area contributed by atoms with Crippen molar-refractivity contribution in [3.63, 3.8) is 0 Å². The lowest BCUT2D eigenvalue weighted by molar-refractivity contribution is -1.92. The van der Waals surface area contributed by atoms with Crippen molar-refractivity contribution in [2.24, 2.45) is 0 Å². The van der Waals surface area contributed by atoms with Crippen molar-refractivity contribution in [3.05, 3.63) is 41.2 Å². The molecule has 1 aliphatic heterocycles. The van der Waals surface area contributed by atoms with Crippen LogP contribution in [0.3, 0.4) is 0 Å². The average molecular weight is 259 g/mol. The highest BCUT2D eigenvalue weighted by molar-refractivity contribution is 5.58. The number of halogens is 1. The number of benzene rings is 1. The Morgan fingerprint density at radius 1 is 1.24 bits per heavy atom. The van der Waals surface area contributed by atoms with Crippen molar-refractivity contribution in [2.45, 2.75) is 19.6 Å². The first-order valence-electron chi connectivity index (χ1n) is 4.88. The fourth-order valence-electron chi connectivity index (χ4n) is 1.88. The van der Waals surface area contributed by atoms with Crippen molar-refractivity contribution in [2.75, 3.05) is 0 Å². The van der Waals surface area contributed by atoms with Crippen LogP contribution in [0.1, 0.15) is 25.0 Å². The number of rotatable bonds is 2. The zero-order chi connectivity index (χ0) is 12.7. The van der Waals surface area contributed by atoms with E-state index in [9.17, 15) is 14.0 Å². The minimum absolute atomic E-state index is 0.477. The molecule has 0 fully saturated rings. The average Bonchev–Trinajstić information content (AvgIpc) is 2.13. The molecule has 1 aromatic rings. The van der Waals surface area contributed by atoms with Crippen LogP contribution in [0.15, 0.2) is 30.0 Å². The minimum atomic E-state index is -4.57. The van der Waals surface area contributed by atoms with E-state index >= 15 is 0 Å². The van der Waals surface area contributed by atoms with Crippen LogP contribution < -0.4 is 14.0 Å². The molecule has 17 heavy (non-hydrogen) atoms. The number of hydrogen-bond donors (Lipinski definition) is 0. The van der Waals surface area contributed by atoms with Crippen LogP contribution in [0.25, 0.3) is 6.08 Å². The number of ether oxygens (including phenoxy) is 1. The summed E-state index contributed by atoms with van der Waals surface area (Å²) in [5.74, 6) is -1.14. The molecule has 0 spiro atoms. The van der Waals surface area contributed by atoms with Crippen molar-refractivity contribution in [1.29, 1.82) is 0 Å². The van der Waals surface area contributed by atoms with Gasteiger partial charge in [0.1, 0.15) is 4.29 Å². The van der Waals surface area contributed by atoms with Crippen LogP contribution in [-0.4, -0.2) is 0 Å². The number of hydrogen-bond acceptors (Lipinski definition) is 5. The first-order chi connectivity index (χ1) is 7.80. The second kappa shape index (κ2) is 3.97. The van der Waals surface area contributed by atoms with E-state index in [0.29, 0.717) is 11.3 Å². The fourth-order valence-corrected chi connectivity index (χ4v) is 2.36. The molecule has 1 unspecified atom stereocenters. The topological polar surface area (TPSA) is 87.6 Å². The smallest absolute Gasteiger partial charge is 0.385 e. The van der Waals surface area contributed by atoms with Crippen LogP contribution >= 0.6 is 0 Å². The Bertz CT molecular complexity index is 465. The molecule has 0 bridgehead atoms. The van der Waals surface area contributed by atoms with Crippen molar-refractivity contribution in [3.8, 4) is 0 Å². The molecule has 0 aromatic heterocycles. The second-order valence-electron chi connectivity index (χ2n) is 3.85. The SMILES string of the molecule is CC1=Cc2ccccc2C(C)(O[Cl+3]([O-])([O-])[O-])O1. The van der Waals surface area contributed by atoms with Gasteiger partial charge in [-0.3, -0.25) is 0 Å². The lowest BCUT2D eigenvalue weighted by atomic mass is 9.98. The third kappa shape index (κ3) is 2.59. The number of fused-ring (bicyclic) bond motifs is 1. The maximum Gasteiger partial charge on any atom is 0.385 e. The maximum absolute atomic E-state index is 10.7. The monoisotopic (exact) mass is 258 g/mol. The van der Waals surface area contributed by atoms with E-state index in [4.69, 9.17) is 4.74 Å². The molecule has 1 aliphatic rings. The molecular weight excluding hydrogens is 248 g/mol. The zero-order valence-electron chi connectivity index (χ0n) is 9.31. The Kier molecular flexibility index (Phi) is 2.89. The highest BCUT2D eigenvalue weighted by Gasteiger charge is 2.48. The third-order valence-corrected chi connectivity index (χ3v) is 2.89. The molecule has 0 N–H and O–H groups in total. The predicted molar refractivity (Wildman–Crippen MR) is 49.6 cm³/mol. The molecule has 92 valence electrons. The third-order valence-electron chi connectivity index (χ3n) is 2.41. The van der Waals surface area contributed by atoms with Crippen LogP contribution in [0.4, 0.5) is 0 Å². The van der Waals surface area contributed by atoms with Gasteiger partial charge in [0.25, 0.3) is 0 Å². The Morgan fingerprint density at radius 2 is 1.88 bits per heavy atom. The van der Waals surface area contributed by atoms with Gasteiger partial charge >= 0.3 is 5.79 Å². The summed E-state index contributed by atoms with van der Waals surface area (Å²) >= 11 is 0. The molecule has 0 saturated carbocycles. The standard InChI is InChI=1S/C11H11ClO5/c1-8-7-9-5-3-4-6-10(9)11(2,16-8)17-12(13,14)15/h3-7H,1-2H3. The quantitative estimate of drug-likeness (QED) is 0.691. The van der Waals surface area contributed by atoms with Crippen molar-refractivity contribution in [1.82, 2.24) is 0 Å². The molecule has 0 radical (unpaired) electrons. The summed E-state index contributed by atoms with van der Waals surface area (Å²) in [6.45, 7) is 3.05. The predicted octanol–water partition coefficient (Wildman–Crippen LogP) is -0.836. The Labute approximate surface area is 101 Å². The molecule has 1 heterocycles. The van der Waals surface area contributed by atoms with Gasteiger partial charge in [0.2, 0.25) is 0 Å².